The van der Waals surface area contributed by atoms with E-state index in [-0.39, 0.29) is 11.6 Å². The quantitative estimate of drug-likeness (QED) is 0.380. The molecule has 2 aromatic rings. The van der Waals surface area contributed by atoms with E-state index < -0.39 is 0 Å². The number of hydrogen-bond donors (Lipinski definition) is 0. The van der Waals surface area contributed by atoms with Gasteiger partial charge in [-0.2, -0.15) is 5.26 Å². The SMILES string of the molecule is N#Cc1c(Br)cc(F)cc1Br.O=Cc1c(Br)cc(F)cc1Br. The zero-order chi connectivity index (χ0) is 16.9. The van der Waals surface area contributed by atoms with Crippen LogP contribution in [0.2, 0.25) is 0 Å². The van der Waals surface area contributed by atoms with E-state index in [1.165, 1.54) is 24.3 Å². The van der Waals surface area contributed by atoms with Gasteiger partial charge in [-0.25, -0.2) is 8.78 Å². The van der Waals surface area contributed by atoms with Crippen molar-refractivity contribution in [1.29, 1.82) is 5.26 Å². The summed E-state index contributed by atoms with van der Waals surface area (Å²) in [7, 11) is 0. The maximum atomic E-state index is 12.6. The average molecular weight is 561 g/mol. The van der Waals surface area contributed by atoms with Crippen molar-refractivity contribution in [2.45, 2.75) is 0 Å². The van der Waals surface area contributed by atoms with Gasteiger partial charge in [0.1, 0.15) is 17.7 Å². The lowest BCUT2D eigenvalue weighted by Crippen LogP contribution is -1.86. The molecule has 2 nitrogen and oxygen atoms in total. The number of nitrogens with zero attached hydrogens (tertiary/aromatic N) is 1. The van der Waals surface area contributed by atoms with Crippen LogP contribution in [0, 0.1) is 23.0 Å². The summed E-state index contributed by atoms with van der Waals surface area (Å²) in [5.74, 6) is -0.753. The van der Waals surface area contributed by atoms with E-state index in [1.54, 1.807) is 0 Å². The molecule has 2 rings (SSSR count). The van der Waals surface area contributed by atoms with Crippen LogP contribution in [0.15, 0.2) is 42.2 Å². The van der Waals surface area contributed by atoms with Gasteiger partial charge in [0.05, 0.1) is 5.56 Å². The molecule has 8 heteroatoms. The Balaban J connectivity index is 0.000000220. The van der Waals surface area contributed by atoms with Crippen LogP contribution in [-0.2, 0) is 0 Å². The predicted molar refractivity (Wildman–Crippen MR) is 93.7 cm³/mol. The molecule has 0 aliphatic rings. The molecule has 0 fully saturated rings. The largest absolute Gasteiger partial charge is 0.298 e. The van der Waals surface area contributed by atoms with E-state index in [4.69, 9.17) is 5.26 Å². The molecule has 0 saturated heterocycles. The van der Waals surface area contributed by atoms with Gasteiger partial charge >= 0.3 is 0 Å². The Labute approximate surface area is 159 Å². The number of hydrogen-bond acceptors (Lipinski definition) is 2. The highest BCUT2D eigenvalue weighted by atomic mass is 79.9. The molecule has 22 heavy (non-hydrogen) atoms. The van der Waals surface area contributed by atoms with E-state index in [2.05, 4.69) is 63.7 Å². The van der Waals surface area contributed by atoms with Crippen LogP contribution < -0.4 is 0 Å². The minimum Gasteiger partial charge on any atom is -0.298 e. The number of rotatable bonds is 1. The minimum absolute atomic E-state index is 0.372. The van der Waals surface area contributed by atoms with Gasteiger partial charge in [0.25, 0.3) is 0 Å². The Morgan fingerprint density at radius 2 is 1.23 bits per heavy atom. The Morgan fingerprint density at radius 3 is 1.55 bits per heavy atom. The van der Waals surface area contributed by atoms with Crippen LogP contribution in [0.3, 0.4) is 0 Å². The lowest BCUT2D eigenvalue weighted by molar-refractivity contribution is 0.112. The van der Waals surface area contributed by atoms with E-state index >= 15 is 0 Å². The fraction of sp³-hybridized carbons (Fsp3) is 0. The van der Waals surface area contributed by atoms with Crippen molar-refractivity contribution in [2.24, 2.45) is 0 Å². The van der Waals surface area contributed by atoms with Crippen LogP contribution in [0.4, 0.5) is 8.78 Å². The van der Waals surface area contributed by atoms with Crippen molar-refractivity contribution in [3.8, 4) is 6.07 Å². The topological polar surface area (TPSA) is 40.9 Å². The second kappa shape index (κ2) is 8.87. The maximum absolute atomic E-state index is 12.6. The van der Waals surface area contributed by atoms with Crippen molar-refractivity contribution in [3.05, 3.63) is 64.9 Å². The molecule has 0 spiro atoms. The number of carbonyl (C=O) groups is 1. The van der Waals surface area contributed by atoms with Crippen molar-refractivity contribution < 1.29 is 13.6 Å². The summed E-state index contributed by atoms with van der Waals surface area (Å²) >= 11 is 12.2. The standard InChI is InChI=1S/C7H2Br2FN.C7H3Br2FO/c2*8-6-1-4(10)2-7(9)5(6)3-11/h1-2H;1-3H. The van der Waals surface area contributed by atoms with Crippen LogP contribution in [0.5, 0.6) is 0 Å². The van der Waals surface area contributed by atoms with Crippen molar-refractivity contribution in [1.82, 2.24) is 0 Å². The molecular formula is C14H5Br4F2NO. The van der Waals surface area contributed by atoms with E-state index in [9.17, 15) is 13.6 Å². The molecule has 0 heterocycles. The number of aldehydes is 1. The Bertz CT molecular complexity index is 713. The minimum atomic E-state index is -0.380. The summed E-state index contributed by atoms with van der Waals surface area (Å²) in [6, 6.07) is 6.93. The summed E-state index contributed by atoms with van der Waals surface area (Å²) in [5.41, 5.74) is 0.831. The van der Waals surface area contributed by atoms with Crippen LogP contribution in [0.1, 0.15) is 15.9 Å². The van der Waals surface area contributed by atoms with Gasteiger partial charge in [0, 0.05) is 23.5 Å². The van der Waals surface area contributed by atoms with Gasteiger partial charge in [-0.1, -0.05) is 0 Å². The van der Waals surface area contributed by atoms with Crippen LogP contribution in [-0.4, -0.2) is 6.29 Å². The lowest BCUT2D eigenvalue weighted by Gasteiger charge is -1.98. The van der Waals surface area contributed by atoms with Gasteiger partial charge in [-0.05, 0) is 88.0 Å². The normalized spacial score (nSPS) is 9.50. The Hall–Kier alpha value is -0.620. The summed E-state index contributed by atoms with van der Waals surface area (Å²) in [4.78, 5) is 10.4. The summed E-state index contributed by atoms with van der Waals surface area (Å²) in [5, 5.41) is 8.56. The maximum Gasteiger partial charge on any atom is 0.152 e. The monoisotopic (exact) mass is 557 g/mol. The molecule has 2 aromatic carbocycles. The molecule has 0 aliphatic carbocycles. The average Bonchev–Trinajstić information content (AvgIpc) is 2.38. The first-order chi connectivity index (χ1) is 10.3. The molecule has 0 atom stereocenters. The van der Waals surface area contributed by atoms with Crippen molar-refractivity contribution >= 4 is 70.0 Å². The summed E-state index contributed by atoms with van der Waals surface area (Å²) < 4.78 is 27.0. The highest BCUT2D eigenvalue weighted by Gasteiger charge is 2.06. The van der Waals surface area contributed by atoms with Gasteiger partial charge in [0.15, 0.2) is 6.29 Å². The fourth-order valence-corrected chi connectivity index (χ4v) is 3.94. The Kier molecular flexibility index (Phi) is 7.83. The third kappa shape index (κ3) is 5.23. The predicted octanol–water partition coefficient (Wildman–Crippen LogP) is 6.39. The van der Waals surface area contributed by atoms with Gasteiger partial charge in [-0.15, -0.1) is 0 Å². The van der Waals surface area contributed by atoms with Gasteiger partial charge in [0.2, 0.25) is 0 Å². The number of carbonyl (C=O) groups excluding carboxylic acids is 1. The second-order valence-electron chi connectivity index (χ2n) is 3.76. The lowest BCUT2D eigenvalue weighted by atomic mass is 10.2. The van der Waals surface area contributed by atoms with Crippen molar-refractivity contribution in [2.75, 3.05) is 0 Å². The number of nitriles is 1. The Morgan fingerprint density at radius 1 is 0.864 bits per heavy atom. The van der Waals surface area contributed by atoms with Crippen LogP contribution >= 0.6 is 63.7 Å². The molecule has 0 aromatic heterocycles. The fourth-order valence-electron chi connectivity index (χ4n) is 1.31. The molecule has 0 unspecified atom stereocenters. The first-order valence-corrected chi connectivity index (χ1v) is 8.61. The summed E-state index contributed by atoms with van der Waals surface area (Å²) in [6.07, 6.45) is 0.660. The zero-order valence-electron chi connectivity index (χ0n) is 10.5. The van der Waals surface area contributed by atoms with E-state index in [1.807, 2.05) is 6.07 Å². The molecule has 0 N–H and O–H groups in total. The third-order valence-electron chi connectivity index (χ3n) is 2.28. The first-order valence-electron chi connectivity index (χ1n) is 5.44. The third-order valence-corrected chi connectivity index (χ3v) is 4.84. The molecule has 0 bridgehead atoms. The zero-order valence-corrected chi connectivity index (χ0v) is 16.9. The molecule has 114 valence electrons. The smallest absolute Gasteiger partial charge is 0.152 e. The molecule has 0 aliphatic heterocycles. The van der Waals surface area contributed by atoms with Crippen molar-refractivity contribution in [3.63, 3.8) is 0 Å². The van der Waals surface area contributed by atoms with E-state index in [0.717, 1.165) is 0 Å². The van der Waals surface area contributed by atoms with Crippen LogP contribution in [0.25, 0.3) is 0 Å². The second-order valence-corrected chi connectivity index (χ2v) is 7.17. The molecule has 0 saturated carbocycles. The number of benzene rings is 2. The molecule has 0 radical (unpaired) electrons. The first kappa shape index (κ1) is 19.4. The number of halogens is 6. The molecular weight excluding hydrogens is 556 g/mol. The van der Waals surface area contributed by atoms with Gasteiger partial charge in [-0.3, -0.25) is 4.79 Å². The van der Waals surface area contributed by atoms with E-state index in [0.29, 0.717) is 35.3 Å². The summed E-state index contributed by atoms with van der Waals surface area (Å²) in [6.45, 7) is 0. The molecule has 0 amide bonds. The highest BCUT2D eigenvalue weighted by molar-refractivity contribution is 9.11. The van der Waals surface area contributed by atoms with Gasteiger partial charge < -0.3 is 0 Å². The highest BCUT2D eigenvalue weighted by Crippen LogP contribution is 2.26.